The number of ketones is 3. The molecule has 0 saturated heterocycles. The second kappa shape index (κ2) is 8.62. The Morgan fingerprint density at radius 1 is 1.13 bits per heavy atom. The zero-order chi connectivity index (χ0) is 28.6. The summed E-state index contributed by atoms with van der Waals surface area (Å²) in [4.78, 5) is 39.5. The molecule has 11 heteroatoms. The van der Waals surface area contributed by atoms with E-state index in [4.69, 9.17) is 9.47 Å². The van der Waals surface area contributed by atoms with Gasteiger partial charge in [0, 0.05) is 29.3 Å². The van der Waals surface area contributed by atoms with E-state index in [1.54, 1.807) is 18.2 Å². The van der Waals surface area contributed by atoms with Crippen molar-refractivity contribution < 1.29 is 47.2 Å². The summed E-state index contributed by atoms with van der Waals surface area (Å²) in [6.45, 7) is 5.37. The van der Waals surface area contributed by atoms with Gasteiger partial charge in [-0.2, -0.15) is 13.2 Å². The van der Waals surface area contributed by atoms with E-state index in [0.717, 1.165) is 6.08 Å². The summed E-state index contributed by atoms with van der Waals surface area (Å²) in [5.41, 5.74) is -1.98. The molecule has 2 heterocycles. The third-order valence-electron chi connectivity index (χ3n) is 7.53. The highest BCUT2D eigenvalue weighted by molar-refractivity contribution is 6.31. The SMILES string of the molecule is CC(=O)c1c(O)c(C)c(O)c2c1OC1=CC(=O)/C(=C(/C)N[C@H]3C[C@@H](C(F)(F)F)Oc4ccccc43)C(=O)[C@@]12C. The number of rotatable bonds is 3. The summed E-state index contributed by atoms with van der Waals surface area (Å²) >= 11 is 0. The minimum Gasteiger partial charge on any atom is -0.507 e. The Hall–Kier alpha value is -4.28. The fourth-order valence-corrected chi connectivity index (χ4v) is 5.45. The molecular formula is C28H24F3NO7. The largest absolute Gasteiger partial charge is 0.507 e. The van der Waals surface area contributed by atoms with Crippen molar-refractivity contribution in [3.05, 3.63) is 69.6 Å². The minimum atomic E-state index is -4.64. The number of ether oxygens (including phenoxy) is 2. The van der Waals surface area contributed by atoms with Crippen molar-refractivity contribution in [3.63, 3.8) is 0 Å². The van der Waals surface area contributed by atoms with Crippen LogP contribution in [0.15, 0.2) is 47.4 Å². The van der Waals surface area contributed by atoms with E-state index in [-0.39, 0.29) is 45.2 Å². The lowest BCUT2D eigenvalue weighted by molar-refractivity contribution is -0.201. The molecular weight excluding hydrogens is 519 g/mol. The van der Waals surface area contributed by atoms with E-state index < -0.39 is 59.0 Å². The van der Waals surface area contributed by atoms with Crippen LogP contribution in [0.5, 0.6) is 23.0 Å². The lowest BCUT2D eigenvalue weighted by atomic mass is 9.70. The Labute approximate surface area is 220 Å². The van der Waals surface area contributed by atoms with E-state index in [1.807, 2.05) is 0 Å². The van der Waals surface area contributed by atoms with Gasteiger partial charge in [0.05, 0.1) is 17.2 Å². The lowest BCUT2D eigenvalue weighted by Crippen LogP contribution is -2.43. The number of carbonyl (C=O) groups is 3. The first-order chi connectivity index (χ1) is 18.2. The number of aromatic hydroxyl groups is 2. The molecule has 0 saturated carbocycles. The second-order valence-corrected chi connectivity index (χ2v) is 10.0. The molecule has 0 bridgehead atoms. The van der Waals surface area contributed by atoms with Gasteiger partial charge in [-0.25, -0.2) is 0 Å². The van der Waals surface area contributed by atoms with Gasteiger partial charge >= 0.3 is 6.18 Å². The molecule has 8 nitrogen and oxygen atoms in total. The van der Waals surface area contributed by atoms with Crippen molar-refractivity contribution in [1.82, 2.24) is 5.32 Å². The first-order valence-electron chi connectivity index (χ1n) is 12.1. The second-order valence-electron chi connectivity index (χ2n) is 10.0. The predicted molar refractivity (Wildman–Crippen MR) is 131 cm³/mol. The van der Waals surface area contributed by atoms with Crippen LogP contribution in [0, 0.1) is 6.92 Å². The van der Waals surface area contributed by atoms with E-state index in [9.17, 15) is 37.8 Å². The number of phenolic OH excluding ortho intramolecular Hbond substituents is 2. The zero-order valence-electron chi connectivity index (χ0n) is 21.3. The number of allylic oxidation sites excluding steroid dienone is 4. The van der Waals surface area contributed by atoms with Crippen molar-refractivity contribution in [2.24, 2.45) is 0 Å². The fourth-order valence-electron chi connectivity index (χ4n) is 5.45. The smallest absolute Gasteiger partial charge is 0.425 e. The average molecular weight is 543 g/mol. The maximum atomic E-state index is 14.0. The minimum absolute atomic E-state index is 0.0272. The van der Waals surface area contributed by atoms with Crippen LogP contribution in [-0.4, -0.2) is 39.8 Å². The standard InChI is InChI=1S/C28H24F3NO7/c1-11-23(35)21(13(3)33)25-22(24(11)36)27(4)18(39-25)10-16(34)20(26(27)37)12(2)32-15-9-19(28(29,30)31)38-17-8-6-5-7-14(15)17/h5-8,10,15,19,32,35-36H,9H2,1-4H3/b20-12+/t15-,19-,27-/m0/s1. The monoisotopic (exact) mass is 543 g/mol. The number of hydrogen-bond acceptors (Lipinski definition) is 8. The van der Waals surface area contributed by atoms with Gasteiger partial charge in [-0.15, -0.1) is 0 Å². The van der Waals surface area contributed by atoms with Crippen molar-refractivity contribution >= 4 is 17.3 Å². The van der Waals surface area contributed by atoms with Gasteiger partial charge in [0.25, 0.3) is 0 Å². The number of halogens is 3. The maximum absolute atomic E-state index is 14.0. The summed E-state index contributed by atoms with van der Waals surface area (Å²) in [5, 5.41) is 24.3. The molecule has 0 unspecified atom stereocenters. The molecule has 3 atom stereocenters. The van der Waals surface area contributed by atoms with Crippen molar-refractivity contribution in [2.45, 2.75) is 57.9 Å². The predicted octanol–water partition coefficient (Wildman–Crippen LogP) is 4.61. The van der Waals surface area contributed by atoms with E-state index in [2.05, 4.69) is 5.32 Å². The molecule has 204 valence electrons. The normalized spacial score (nSPS) is 25.1. The summed E-state index contributed by atoms with van der Waals surface area (Å²) in [6.07, 6.45) is -6.19. The van der Waals surface area contributed by atoms with Gasteiger partial charge < -0.3 is 25.0 Å². The number of phenols is 2. The van der Waals surface area contributed by atoms with Crippen molar-refractivity contribution in [1.29, 1.82) is 0 Å². The Kier molecular flexibility index (Phi) is 5.82. The highest BCUT2D eigenvalue weighted by atomic mass is 19.4. The van der Waals surface area contributed by atoms with Crippen LogP contribution in [-0.2, 0) is 15.0 Å². The number of para-hydroxylation sites is 1. The van der Waals surface area contributed by atoms with E-state index >= 15 is 0 Å². The van der Waals surface area contributed by atoms with Gasteiger partial charge in [0.2, 0.25) is 0 Å². The molecule has 2 aliphatic heterocycles. The molecule has 0 radical (unpaired) electrons. The third-order valence-corrected chi connectivity index (χ3v) is 7.53. The molecule has 5 rings (SSSR count). The molecule has 0 spiro atoms. The van der Waals surface area contributed by atoms with Crippen LogP contribution in [0.3, 0.4) is 0 Å². The molecule has 0 aromatic heterocycles. The molecule has 2 aromatic rings. The average Bonchev–Trinajstić information content (AvgIpc) is 3.14. The number of fused-ring (bicyclic) bond motifs is 4. The first-order valence-corrected chi connectivity index (χ1v) is 12.1. The number of carbonyl (C=O) groups excluding carboxylic acids is 3. The Bertz CT molecular complexity index is 1540. The molecule has 2 aromatic carbocycles. The van der Waals surface area contributed by atoms with Crippen LogP contribution >= 0.6 is 0 Å². The molecule has 0 fully saturated rings. The molecule has 0 amide bonds. The topological polar surface area (TPSA) is 122 Å². The molecule has 3 aliphatic rings. The van der Waals surface area contributed by atoms with E-state index in [0.29, 0.717) is 5.56 Å². The van der Waals surface area contributed by atoms with Gasteiger partial charge in [0.1, 0.15) is 39.7 Å². The fraction of sp³-hybridized carbons (Fsp3) is 0.321. The Morgan fingerprint density at radius 3 is 2.44 bits per heavy atom. The highest BCUT2D eigenvalue weighted by Crippen LogP contribution is 2.57. The van der Waals surface area contributed by atoms with Gasteiger partial charge in [-0.05, 0) is 33.8 Å². The summed E-state index contributed by atoms with van der Waals surface area (Å²) < 4.78 is 51.7. The van der Waals surface area contributed by atoms with Gasteiger partial charge in [0.15, 0.2) is 23.5 Å². The summed E-state index contributed by atoms with van der Waals surface area (Å²) in [7, 11) is 0. The van der Waals surface area contributed by atoms with Crippen LogP contribution in [0.25, 0.3) is 0 Å². The van der Waals surface area contributed by atoms with Gasteiger partial charge in [-0.1, -0.05) is 18.2 Å². The number of alkyl halides is 3. The Morgan fingerprint density at radius 2 is 1.79 bits per heavy atom. The quantitative estimate of drug-likeness (QED) is 0.292. The third kappa shape index (κ3) is 3.78. The molecule has 3 N–H and O–H groups in total. The van der Waals surface area contributed by atoms with Crippen LogP contribution in [0.2, 0.25) is 0 Å². The van der Waals surface area contributed by atoms with Crippen molar-refractivity contribution in [2.75, 3.05) is 0 Å². The molecule has 39 heavy (non-hydrogen) atoms. The number of benzene rings is 2. The maximum Gasteiger partial charge on any atom is 0.425 e. The summed E-state index contributed by atoms with van der Waals surface area (Å²) in [5.74, 6) is -3.44. The Balaban J connectivity index is 1.61. The highest BCUT2D eigenvalue weighted by Gasteiger charge is 2.56. The van der Waals surface area contributed by atoms with Crippen LogP contribution < -0.4 is 14.8 Å². The van der Waals surface area contributed by atoms with Gasteiger partial charge in [-0.3, -0.25) is 14.4 Å². The summed E-state index contributed by atoms with van der Waals surface area (Å²) in [6, 6.07) is 5.26. The van der Waals surface area contributed by atoms with Crippen LogP contribution in [0.4, 0.5) is 13.2 Å². The number of Topliss-reactive ketones (excluding diaryl/α,β-unsaturated/α-hetero) is 2. The number of nitrogens with one attached hydrogen (secondary N) is 1. The first kappa shape index (κ1) is 26.3. The van der Waals surface area contributed by atoms with Crippen LogP contribution in [0.1, 0.15) is 60.3 Å². The van der Waals surface area contributed by atoms with E-state index in [1.165, 1.54) is 33.8 Å². The van der Waals surface area contributed by atoms with Crippen molar-refractivity contribution in [3.8, 4) is 23.0 Å². The zero-order valence-corrected chi connectivity index (χ0v) is 21.3. The molecule has 1 aliphatic carbocycles. The lowest BCUT2D eigenvalue weighted by Gasteiger charge is -2.35. The number of hydrogen-bond donors (Lipinski definition) is 3.